The highest BCUT2D eigenvalue weighted by Gasteiger charge is 2.29. The van der Waals surface area contributed by atoms with Gasteiger partial charge in [0.2, 0.25) is 5.88 Å². The topological polar surface area (TPSA) is 112 Å². The van der Waals surface area contributed by atoms with Gasteiger partial charge in [0.15, 0.2) is 0 Å². The van der Waals surface area contributed by atoms with Gasteiger partial charge in [-0.05, 0) is 43.2 Å². The number of nitriles is 1. The maximum atomic E-state index is 11.6. The molecule has 7 heteroatoms. The molecule has 0 bridgehead atoms. The first-order valence-corrected chi connectivity index (χ1v) is 6.96. The first-order valence-electron chi connectivity index (χ1n) is 6.96. The molecule has 116 valence electrons. The molecule has 1 unspecified atom stereocenters. The molecule has 2 aromatic rings. The lowest BCUT2D eigenvalue weighted by Gasteiger charge is -2.27. The zero-order valence-electron chi connectivity index (χ0n) is 12.4. The van der Waals surface area contributed by atoms with Gasteiger partial charge in [-0.15, -0.1) is 0 Å². The highest BCUT2D eigenvalue weighted by molar-refractivity contribution is 5.98. The second-order valence-corrected chi connectivity index (χ2v) is 5.25. The Labute approximate surface area is 132 Å². The molecule has 0 spiro atoms. The van der Waals surface area contributed by atoms with Crippen LogP contribution < -0.4 is 15.5 Å². The van der Waals surface area contributed by atoms with Crippen LogP contribution in [0.5, 0.6) is 11.6 Å². The molecule has 3 rings (SSSR count). The number of hydrogen-bond acceptors (Lipinski definition) is 6. The van der Waals surface area contributed by atoms with Crippen molar-refractivity contribution in [3.8, 4) is 17.7 Å². The first-order chi connectivity index (χ1) is 11.0. The van der Waals surface area contributed by atoms with Crippen molar-refractivity contribution in [2.24, 2.45) is 5.73 Å². The van der Waals surface area contributed by atoms with Crippen LogP contribution in [0.3, 0.4) is 0 Å². The van der Waals surface area contributed by atoms with Crippen LogP contribution in [-0.4, -0.2) is 22.1 Å². The van der Waals surface area contributed by atoms with Crippen molar-refractivity contribution in [2.45, 2.75) is 19.4 Å². The van der Waals surface area contributed by atoms with Crippen molar-refractivity contribution >= 4 is 11.6 Å². The second-order valence-electron chi connectivity index (χ2n) is 5.25. The van der Waals surface area contributed by atoms with Crippen molar-refractivity contribution in [3.63, 3.8) is 0 Å². The van der Waals surface area contributed by atoms with E-state index in [0.29, 0.717) is 45.6 Å². The summed E-state index contributed by atoms with van der Waals surface area (Å²) in [7, 11) is 0. The minimum Gasteiger partial charge on any atom is -0.439 e. The van der Waals surface area contributed by atoms with E-state index in [1.54, 1.807) is 37.3 Å². The number of aryl methyl sites for hydroxylation is 1. The number of ether oxygens (including phenoxy) is 1. The molecule has 0 saturated heterocycles. The molecular weight excluding hydrogens is 296 g/mol. The second kappa shape index (κ2) is 5.68. The van der Waals surface area contributed by atoms with Crippen molar-refractivity contribution in [3.05, 3.63) is 47.2 Å². The van der Waals surface area contributed by atoms with Crippen molar-refractivity contribution in [1.29, 1.82) is 5.26 Å². The van der Waals surface area contributed by atoms with Crippen LogP contribution in [0.15, 0.2) is 30.3 Å². The van der Waals surface area contributed by atoms with Gasteiger partial charge >= 0.3 is 0 Å². The molecule has 0 fully saturated rings. The average molecular weight is 310 g/mol. The van der Waals surface area contributed by atoms with Crippen LogP contribution in [0.1, 0.15) is 16.8 Å². The van der Waals surface area contributed by atoms with E-state index >= 15 is 0 Å². The largest absolute Gasteiger partial charge is 0.439 e. The molecule has 0 aliphatic carbocycles. The lowest BCUT2D eigenvalue weighted by molar-refractivity contribution is -0.125. The average Bonchev–Trinajstić information content (AvgIpc) is 2.53. The van der Waals surface area contributed by atoms with Gasteiger partial charge in [-0.1, -0.05) is 0 Å². The Morgan fingerprint density at radius 2 is 2.22 bits per heavy atom. The maximum absolute atomic E-state index is 11.6. The minimum atomic E-state index is -0.780. The quantitative estimate of drug-likeness (QED) is 0.816. The van der Waals surface area contributed by atoms with Crippen molar-refractivity contribution in [2.75, 3.05) is 5.06 Å². The Bertz CT molecular complexity index is 829. The smallest absolute Gasteiger partial charge is 0.267 e. The predicted octanol–water partition coefficient (Wildman–Crippen LogP) is 1.66. The van der Waals surface area contributed by atoms with Gasteiger partial charge < -0.3 is 10.5 Å². The van der Waals surface area contributed by atoms with E-state index in [0.717, 1.165) is 0 Å². The van der Waals surface area contributed by atoms with E-state index in [-0.39, 0.29) is 0 Å². The van der Waals surface area contributed by atoms with Gasteiger partial charge in [0.05, 0.1) is 23.0 Å². The molecule has 1 aromatic carbocycles. The molecule has 7 nitrogen and oxygen atoms in total. The summed E-state index contributed by atoms with van der Waals surface area (Å²) in [4.78, 5) is 15.9. The van der Waals surface area contributed by atoms with Gasteiger partial charge in [-0.2, -0.15) is 10.3 Å². The third-order valence-electron chi connectivity index (χ3n) is 3.65. The SMILES string of the molecule is Cc1nc(Oc2ccc3c(c2)CC(N)C(=O)N3O)ccc1C#N. The summed E-state index contributed by atoms with van der Waals surface area (Å²) >= 11 is 0. The van der Waals surface area contributed by atoms with E-state index in [2.05, 4.69) is 4.98 Å². The summed E-state index contributed by atoms with van der Waals surface area (Å²) in [6.45, 7) is 1.73. The number of hydroxylamine groups is 1. The summed E-state index contributed by atoms with van der Waals surface area (Å²) in [6, 6.07) is 9.44. The van der Waals surface area contributed by atoms with Gasteiger partial charge in [-0.25, -0.2) is 4.98 Å². The van der Waals surface area contributed by atoms with Crippen LogP contribution in [0.2, 0.25) is 0 Å². The van der Waals surface area contributed by atoms with Crippen molar-refractivity contribution in [1.82, 2.24) is 4.98 Å². The monoisotopic (exact) mass is 310 g/mol. The fourth-order valence-corrected chi connectivity index (χ4v) is 2.43. The number of nitrogens with two attached hydrogens (primary N) is 1. The summed E-state index contributed by atoms with van der Waals surface area (Å²) in [5, 5.41) is 19.3. The Morgan fingerprint density at radius 1 is 1.43 bits per heavy atom. The molecule has 2 heterocycles. The summed E-state index contributed by atoms with van der Waals surface area (Å²) in [5.41, 5.74) is 7.88. The standard InChI is InChI=1S/C16H14N4O3/c1-9-10(8-17)2-5-15(19-9)23-12-3-4-14-11(6-12)7-13(18)16(21)20(14)22/h2-6,13,22H,7,18H2,1H3. The lowest BCUT2D eigenvalue weighted by atomic mass is 9.99. The maximum Gasteiger partial charge on any atom is 0.267 e. The molecule has 1 aromatic heterocycles. The zero-order valence-corrected chi connectivity index (χ0v) is 12.4. The van der Waals surface area contributed by atoms with Crippen LogP contribution in [0.25, 0.3) is 0 Å². The van der Waals surface area contributed by atoms with E-state index in [1.165, 1.54) is 0 Å². The fraction of sp³-hybridized carbons (Fsp3) is 0.188. The first kappa shape index (κ1) is 15.0. The third-order valence-corrected chi connectivity index (χ3v) is 3.65. The molecule has 1 atom stereocenters. The van der Waals surface area contributed by atoms with Crippen LogP contribution in [-0.2, 0) is 11.2 Å². The van der Waals surface area contributed by atoms with E-state index in [4.69, 9.17) is 15.7 Å². The lowest BCUT2D eigenvalue weighted by Crippen LogP contribution is -2.47. The number of benzene rings is 1. The van der Waals surface area contributed by atoms with Gasteiger partial charge in [0.1, 0.15) is 11.8 Å². The van der Waals surface area contributed by atoms with Gasteiger partial charge in [0, 0.05) is 6.07 Å². The minimum absolute atomic E-state index is 0.322. The number of carbonyl (C=O) groups is 1. The number of amides is 1. The molecule has 1 aliphatic rings. The number of fused-ring (bicyclic) bond motifs is 1. The van der Waals surface area contributed by atoms with E-state index in [9.17, 15) is 10.0 Å². The third kappa shape index (κ3) is 2.73. The number of carbonyl (C=O) groups excluding carboxylic acids is 1. The van der Waals surface area contributed by atoms with Crippen LogP contribution in [0.4, 0.5) is 5.69 Å². The summed E-state index contributed by atoms with van der Waals surface area (Å²) in [5.74, 6) is 0.337. The molecule has 23 heavy (non-hydrogen) atoms. The predicted molar refractivity (Wildman–Crippen MR) is 81.2 cm³/mol. The highest BCUT2D eigenvalue weighted by Crippen LogP contribution is 2.31. The van der Waals surface area contributed by atoms with Gasteiger partial charge in [-0.3, -0.25) is 10.0 Å². The zero-order chi connectivity index (χ0) is 16.6. The fourth-order valence-electron chi connectivity index (χ4n) is 2.43. The number of nitrogens with zero attached hydrogens (tertiary/aromatic N) is 3. The molecule has 1 aliphatic heterocycles. The molecule has 3 N–H and O–H groups in total. The highest BCUT2D eigenvalue weighted by atomic mass is 16.5. The Balaban J connectivity index is 1.88. The molecule has 0 saturated carbocycles. The van der Waals surface area contributed by atoms with Crippen LogP contribution in [0, 0.1) is 18.3 Å². The Hall–Kier alpha value is -2.95. The number of hydrogen-bond donors (Lipinski definition) is 2. The van der Waals surface area contributed by atoms with Crippen LogP contribution >= 0.6 is 0 Å². The Morgan fingerprint density at radius 3 is 2.91 bits per heavy atom. The summed E-state index contributed by atoms with van der Waals surface area (Å²) in [6.07, 6.45) is 0.322. The number of aromatic nitrogens is 1. The Kier molecular flexibility index (Phi) is 3.70. The number of anilines is 1. The number of pyridine rings is 1. The molecule has 1 amide bonds. The molecular formula is C16H14N4O3. The van der Waals surface area contributed by atoms with E-state index < -0.39 is 11.9 Å². The molecule has 0 radical (unpaired) electrons. The van der Waals surface area contributed by atoms with E-state index in [1.807, 2.05) is 6.07 Å². The summed E-state index contributed by atoms with van der Waals surface area (Å²) < 4.78 is 5.68. The normalized spacial score (nSPS) is 16.7. The number of rotatable bonds is 2. The van der Waals surface area contributed by atoms with Crippen molar-refractivity contribution < 1.29 is 14.7 Å². The van der Waals surface area contributed by atoms with Gasteiger partial charge in [0.25, 0.3) is 5.91 Å².